The highest BCUT2D eigenvalue weighted by Crippen LogP contribution is 2.72. The molecule has 1 spiro atoms. The average Bonchev–Trinajstić information content (AvgIpc) is 3.24. The third kappa shape index (κ3) is 4.83. The van der Waals surface area contributed by atoms with Gasteiger partial charge in [0.25, 0.3) is 0 Å². The van der Waals surface area contributed by atoms with Gasteiger partial charge in [0.2, 0.25) is 0 Å². The summed E-state index contributed by atoms with van der Waals surface area (Å²) in [6.07, 6.45) is 2.89. The predicted octanol–water partition coefficient (Wildman–Crippen LogP) is 2.39. The lowest BCUT2D eigenvalue weighted by Crippen LogP contribution is -2.78. The number of aliphatic hydroxyl groups is 2. The maximum atomic E-state index is 13.2. The van der Waals surface area contributed by atoms with E-state index in [-0.39, 0.29) is 62.2 Å². The molecule has 0 radical (unpaired) electrons. The second kappa shape index (κ2) is 11.6. The van der Waals surface area contributed by atoms with Gasteiger partial charge in [0, 0.05) is 51.4 Å². The molecule has 5 aliphatic rings. The Bertz CT molecular complexity index is 945. The van der Waals surface area contributed by atoms with Crippen LogP contribution < -0.4 is 0 Å². The maximum Gasteiger partial charge on any atom is 0.163 e. The van der Waals surface area contributed by atoms with Crippen molar-refractivity contribution in [3.05, 3.63) is 0 Å². The molecule has 5 rings (SSSR count). The largest absolute Gasteiger partial charge is 0.389 e. The van der Waals surface area contributed by atoms with Crippen LogP contribution in [0.15, 0.2) is 0 Å². The van der Waals surface area contributed by atoms with E-state index in [1.54, 1.807) is 21.3 Å². The summed E-state index contributed by atoms with van der Waals surface area (Å²) in [4.78, 5) is 13.2. The van der Waals surface area contributed by atoms with Crippen molar-refractivity contribution in [1.29, 1.82) is 0 Å². The van der Waals surface area contributed by atoms with Crippen molar-refractivity contribution >= 4 is 5.78 Å². The first-order valence-electron chi connectivity index (χ1n) is 15.0. The van der Waals surface area contributed by atoms with E-state index in [1.807, 2.05) is 13.8 Å². The quantitative estimate of drug-likeness (QED) is 0.346. The molecule has 4 saturated carbocycles. The first-order chi connectivity index (χ1) is 19.5. The van der Waals surface area contributed by atoms with E-state index in [0.29, 0.717) is 51.6 Å². The van der Waals surface area contributed by atoms with Gasteiger partial charge in [-0.05, 0) is 51.9 Å². The van der Waals surface area contributed by atoms with Gasteiger partial charge in [-0.1, -0.05) is 6.92 Å². The average molecular weight is 587 g/mol. The summed E-state index contributed by atoms with van der Waals surface area (Å²) in [7, 11) is 4.78. The van der Waals surface area contributed by atoms with Gasteiger partial charge in [0.1, 0.15) is 27.0 Å². The van der Waals surface area contributed by atoms with Crippen LogP contribution in [0.4, 0.5) is 0 Å². The van der Waals surface area contributed by atoms with Crippen molar-refractivity contribution in [3.8, 4) is 0 Å². The number of hydrogen-bond acceptors (Lipinski definition) is 11. The van der Waals surface area contributed by atoms with Crippen molar-refractivity contribution in [1.82, 2.24) is 0 Å². The molecule has 0 bridgehead atoms. The van der Waals surface area contributed by atoms with Gasteiger partial charge < -0.3 is 48.1 Å². The summed E-state index contributed by atoms with van der Waals surface area (Å²) in [5.74, 6) is -1.72. The minimum absolute atomic E-state index is 0.0699. The number of ketones is 1. The minimum Gasteiger partial charge on any atom is -0.389 e. The summed E-state index contributed by atoms with van der Waals surface area (Å²) >= 11 is 0. The molecule has 1 heterocycles. The topological polar surface area (TPSA) is 131 Å². The number of rotatable bonds is 11. The lowest BCUT2D eigenvalue weighted by atomic mass is 9.40. The van der Waals surface area contributed by atoms with Crippen molar-refractivity contribution < 1.29 is 52.9 Å². The number of hydrogen-bond donors (Lipinski definition) is 2. The van der Waals surface area contributed by atoms with Gasteiger partial charge in [0.05, 0.1) is 41.5 Å². The first-order valence-corrected chi connectivity index (χ1v) is 15.0. The van der Waals surface area contributed by atoms with Crippen LogP contribution in [-0.2, 0) is 42.7 Å². The van der Waals surface area contributed by atoms with E-state index in [0.717, 1.165) is 0 Å². The second-order valence-corrected chi connectivity index (χ2v) is 13.6. The third-order valence-electron chi connectivity index (χ3n) is 11.4. The van der Waals surface area contributed by atoms with E-state index in [2.05, 4.69) is 6.92 Å². The van der Waals surface area contributed by atoms with Crippen LogP contribution in [0.5, 0.6) is 0 Å². The van der Waals surface area contributed by atoms with Crippen LogP contribution in [0.3, 0.4) is 0 Å². The Morgan fingerprint density at radius 1 is 0.951 bits per heavy atom. The van der Waals surface area contributed by atoms with Crippen LogP contribution in [-0.4, -0.2) is 106 Å². The lowest BCUT2D eigenvalue weighted by Gasteiger charge is -2.71. The predicted molar refractivity (Wildman–Crippen MR) is 144 cm³/mol. The third-order valence-corrected chi connectivity index (χ3v) is 11.4. The van der Waals surface area contributed by atoms with Crippen LogP contribution >= 0.6 is 0 Å². The second-order valence-electron chi connectivity index (χ2n) is 13.6. The van der Waals surface area contributed by atoms with Crippen LogP contribution in [0.25, 0.3) is 0 Å². The number of carbonyl (C=O) groups is 1. The van der Waals surface area contributed by atoms with Gasteiger partial charge in [-0.2, -0.15) is 0 Å². The minimum atomic E-state index is -1.16. The Hall–Kier alpha value is -0.730. The molecule has 2 N–H and O–H groups in total. The van der Waals surface area contributed by atoms with Gasteiger partial charge >= 0.3 is 0 Å². The Labute approximate surface area is 243 Å². The van der Waals surface area contributed by atoms with Crippen LogP contribution in [0.1, 0.15) is 65.7 Å². The monoisotopic (exact) mass is 586 g/mol. The molecule has 236 valence electrons. The summed E-state index contributed by atoms with van der Waals surface area (Å²) < 4.78 is 48.5. The number of fused-ring (bicyclic) bond motifs is 3. The fraction of sp³-hybridized carbons (Fsp3) is 0.967. The summed E-state index contributed by atoms with van der Waals surface area (Å²) in [5.41, 5.74) is -3.33. The fourth-order valence-electron chi connectivity index (χ4n) is 9.92. The molecule has 0 amide bonds. The standard InChI is InChI=1S/C30H50O11/c1-26(2)39-15-29-24(41-26)11-19(37-16-34-4)12-28(29,33)9-7-21-25(29)23(38-17-35-5)13-27(3)20(22(32)14-31)8-10-30(21,27)40-18-36-6/h19-21,23-25,31,33H,7-18H2,1-6H3/t19-,20+,21?,23+,24+,25?,27+,28-,29+,30-/m0/s1. The molecule has 0 aromatic carbocycles. The van der Waals surface area contributed by atoms with E-state index >= 15 is 0 Å². The highest BCUT2D eigenvalue weighted by molar-refractivity contribution is 5.83. The normalized spacial score (nSPS) is 46.7. The Morgan fingerprint density at radius 3 is 2.34 bits per heavy atom. The Morgan fingerprint density at radius 2 is 1.66 bits per heavy atom. The molecule has 0 aromatic rings. The molecule has 0 aromatic heterocycles. The molecule has 2 unspecified atom stereocenters. The van der Waals surface area contributed by atoms with E-state index in [4.69, 9.17) is 37.9 Å². The highest BCUT2D eigenvalue weighted by atomic mass is 16.7. The van der Waals surface area contributed by atoms with Crippen molar-refractivity contribution in [2.24, 2.45) is 28.6 Å². The molecule has 11 heteroatoms. The van der Waals surface area contributed by atoms with Gasteiger partial charge in [-0.25, -0.2) is 0 Å². The Balaban J connectivity index is 1.65. The zero-order valence-corrected chi connectivity index (χ0v) is 25.5. The smallest absolute Gasteiger partial charge is 0.163 e. The number of ether oxygens (including phenoxy) is 8. The van der Waals surface area contributed by atoms with Crippen molar-refractivity contribution in [2.75, 3.05) is 54.9 Å². The molecule has 10 atom stereocenters. The first kappa shape index (κ1) is 31.7. The van der Waals surface area contributed by atoms with E-state index in [1.165, 1.54) is 0 Å². The van der Waals surface area contributed by atoms with Gasteiger partial charge in [0.15, 0.2) is 11.6 Å². The zero-order valence-electron chi connectivity index (χ0n) is 25.5. The molecule has 1 aliphatic heterocycles. The molecule has 4 aliphatic carbocycles. The zero-order chi connectivity index (χ0) is 29.7. The van der Waals surface area contributed by atoms with Crippen LogP contribution in [0, 0.1) is 28.6 Å². The fourth-order valence-corrected chi connectivity index (χ4v) is 9.92. The molecule has 1 saturated heterocycles. The summed E-state index contributed by atoms with van der Waals surface area (Å²) in [6, 6.07) is 0. The van der Waals surface area contributed by atoms with Crippen LogP contribution in [0.2, 0.25) is 0 Å². The van der Waals surface area contributed by atoms with E-state index in [9.17, 15) is 15.0 Å². The molecular weight excluding hydrogens is 536 g/mol. The van der Waals surface area contributed by atoms with E-state index < -0.39 is 34.4 Å². The molecule has 41 heavy (non-hydrogen) atoms. The number of Topliss-reactive ketones (excluding diaryl/α,β-unsaturated/α-hetero) is 1. The molecule has 11 nitrogen and oxygen atoms in total. The molecule has 5 fully saturated rings. The summed E-state index contributed by atoms with van der Waals surface area (Å²) in [6.45, 7) is 5.98. The highest BCUT2D eigenvalue weighted by Gasteiger charge is 2.78. The number of carbonyl (C=O) groups excluding carboxylic acids is 1. The lowest BCUT2D eigenvalue weighted by molar-refractivity contribution is -0.408. The Kier molecular flexibility index (Phi) is 9.00. The molecular formula is C30H50O11. The number of aliphatic hydroxyl groups excluding tert-OH is 1. The van der Waals surface area contributed by atoms with Crippen molar-refractivity contribution in [3.63, 3.8) is 0 Å². The maximum absolute atomic E-state index is 13.2. The summed E-state index contributed by atoms with van der Waals surface area (Å²) in [5, 5.41) is 22.6. The van der Waals surface area contributed by atoms with Gasteiger partial charge in [-0.15, -0.1) is 0 Å². The number of methoxy groups -OCH3 is 3. The van der Waals surface area contributed by atoms with Crippen molar-refractivity contribution in [2.45, 2.75) is 101 Å². The SMILES string of the molecule is COCO[C@H]1C[C@H]2OC(C)(C)OC[C@]23C2C(CC[C@]3(O)C1)[C@@]1(OCOC)CC[C@H](C(=O)CO)[C@@]1(C)C[C@H]2OCOC. The van der Waals surface area contributed by atoms with Gasteiger partial charge in [-0.3, -0.25) is 4.79 Å².